The maximum absolute atomic E-state index is 5.73. The van der Waals surface area contributed by atoms with E-state index in [-0.39, 0.29) is 25.8 Å². The number of hydrogen-bond donors (Lipinski definition) is 0. The average molecular weight is 330 g/mol. The highest BCUT2D eigenvalue weighted by Gasteiger charge is 2.28. The van der Waals surface area contributed by atoms with Crippen molar-refractivity contribution < 1.29 is 28.4 Å². The molecule has 6 heteroatoms. The standard InChI is InChI=1S/C18H18O6/c1-19-17(11-3-5-13-15(7-11)23-9-21-13)18(20-2)12-4-6-14-16(8-12)24-10-22-14/h3-8,17-18H,9-10H2,1-2H3/t17-,18-/m1/s1. The van der Waals surface area contributed by atoms with Crippen LogP contribution in [0.1, 0.15) is 23.3 Å². The van der Waals surface area contributed by atoms with E-state index < -0.39 is 0 Å². The minimum atomic E-state index is -0.301. The minimum absolute atomic E-state index is 0.242. The Bertz CT molecular complexity index is 681. The van der Waals surface area contributed by atoms with Crippen LogP contribution in [-0.4, -0.2) is 27.8 Å². The van der Waals surface area contributed by atoms with Crippen LogP contribution in [0.15, 0.2) is 36.4 Å². The quantitative estimate of drug-likeness (QED) is 0.839. The first kappa shape index (κ1) is 15.1. The van der Waals surface area contributed by atoms with Gasteiger partial charge in [0.2, 0.25) is 13.6 Å². The predicted molar refractivity (Wildman–Crippen MR) is 84.6 cm³/mol. The van der Waals surface area contributed by atoms with E-state index in [0.717, 1.165) is 34.1 Å². The lowest BCUT2D eigenvalue weighted by Gasteiger charge is -2.26. The SMILES string of the molecule is CO[C@H](c1ccc2c(c1)OCO2)[C@H](OC)c1ccc2c(c1)OCO2. The van der Waals surface area contributed by atoms with Gasteiger partial charge in [0.15, 0.2) is 23.0 Å². The zero-order valence-electron chi connectivity index (χ0n) is 13.5. The molecule has 0 aromatic heterocycles. The largest absolute Gasteiger partial charge is 0.454 e. The Balaban J connectivity index is 1.67. The summed E-state index contributed by atoms with van der Waals surface area (Å²) in [6.45, 7) is 0.485. The van der Waals surface area contributed by atoms with E-state index in [9.17, 15) is 0 Å². The van der Waals surface area contributed by atoms with E-state index in [4.69, 9.17) is 28.4 Å². The first-order valence-corrected chi connectivity index (χ1v) is 7.65. The molecule has 2 aromatic rings. The molecule has 4 rings (SSSR count). The molecule has 2 heterocycles. The van der Waals surface area contributed by atoms with E-state index in [1.807, 2.05) is 36.4 Å². The molecule has 0 spiro atoms. The van der Waals surface area contributed by atoms with Gasteiger partial charge in [-0.1, -0.05) is 12.1 Å². The van der Waals surface area contributed by atoms with Crippen molar-refractivity contribution in [2.75, 3.05) is 27.8 Å². The molecule has 0 fully saturated rings. The van der Waals surface area contributed by atoms with Gasteiger partial charge in [0.25, 0.3) is 0 Å². The van der Waals surface area contributed by atoms with Gasteiger partial charge in [-0.2, -0.15) is 0 Å². The number of benzene rings is 2. The molecule has 6 nitrogen and oxygen atoms in total. The lowest BCUT2D eigenvalue weighted by molar-refractivity contribution is -0.0398. The van der Waals surface area contributed by atoms with Crippen LogP contribution in [0.2, 0.25) is 0 Å². The average Bonchev–Trinajstić information content (AvgIpc) is 3.26. The summed E-state index contributed by atoms with van der Waals surface area (Å²) in [5.41, 5.74) is 1.90. The third kappa shape index (κ3) is 2.53. The first-order chi connectivity index (χ1) is 11.8. The van der Waals surface area contributed by atoms with Crippen LogP contribution >= 0.6 is 0 Å². The summed E-state index contributed by atoms with van der Waals surface area (Å²) in [5, 5.41) is 0. The van der Waals surface area contributed by atoms with Gasteiger partial charge in [-0.05, 0) is 35.4 Å². The van der Waals surface area contributed by atoms with Crippen LogP contribution in [0, 0.1) is 0 Å². The van der Waals surface area contributed by atoms with Gasteiger partial charge < -0.3 is 28.4 Å². The van der Waals surface area contributed by atoms with E-state index in [1.54, 1.807) is 14.2 Å². The van der Waals surface area contributed by atoms with Crippen LogP contribution in [0.4, 0.5) is 0 Å². The lowest BCUT2D eigenvalue weighted by Crippen LogP contribution is -2.15. The van der Waals surface area contributed by atoms with Crippen LogP contribution in [0.25, 0.3) is 0 Å². The molecule has 0 unspecified atom stereocenters. The second-order valence-electron chi connectivity index (χ2n) is 5.54. The van der Waals surface area contributed by atoms with Crippen LogP contribution < -0.4 is 18.9 Å². The fourth-order valence-electron chi connectivity index (χ4n) is 3.05. The topological polar surface area (TPSA) is 55.4 Å². The molecule has 0 radical (unpaired) electrons. The van der Waals surface area contributed by atoms with Crippen molar-refractivity contribution in [2.24, 2.45) is 0 Å². The van der Waals surface area contributed by atoms with Gasteiger partial charge in [-0.25, -0.2) is 0 Å². The molecule has 2 aliphatic rings. The van der Waals surface area contributed by atoms with Gasteiger partial charge in [-0.15, -0.1) is 0 Å². The van der Waals surface area contributed by atoms with Crippen LogP contribution in [-0.2, 0) is 9.47 Å². The highest BCUT2D eigenvalue weighted by atomic mass is 16.7. The molecule has 2 aromatic carbocycles. The number of rotatable bonds is 5. The molecule has 0 N–H and O–H groups in total. The van der Waals surface area contributed by atoms with Crippen LogP contribution in [0.3, 0.4) is 0 Å². The molecule has 24 heavy (non-hydrogen) atoms. The normalized spacial score (nSPS) is 16.9. The van der Waals surface area contributed by atoms with Crippen LogP contribution in [0.5, 0.6) is 23.0 Å². The summed E-state index contributed by atoms with van der Waals surface area (Å²) in [5.74, 6) is 2.92. The number of fused-ring (bicyclic) bond motifs is 2. The Labute approximate surface area is 139 Å². The van der Waals surface area contributed by atoms with Crippen molar-refractivity contribution in [2.45, 2.75) is 12.2 Å². The zero-order chi connectivity index (χ0) is 16.5. The summed E-state index contributed by atoms with van der Waals surface area (Å²) in [4.78, 5) is 0. The van der Waals surface area contributed by atoms with E-state index >= 15 is 0 Å². The fourth-order valence-corrected chi connectivity index (χ4v) is 3.05. The molecule has 126 valence electrons. The smallest absolute Gasteiger partial charge is 0.231 e. The monoisotopic (exact) mass is 330 g/mol. The Kier molecular flexibility index (Phi) is 3.92. The first-order valence-electron chi connectivity index (χ1n) is 7.65. The van der Waals surface area contributed by atoms with Gasteiger partial charge >= 0.3 is 0 Å². The van der Waals surface area contributed by atoms with E-state index in [2.05, 4.69) is 0 Å². The number of hydrogen-bond acceptors (Lipinski definition) is 6. The second-order valence-corrected chi connectivity index (χ2v) is 5.54. The van der Waals surface area contributed by atoms with Crippen molar-refractivity contribution in [3.63, 3.8) is 0 Å². The zero-order valence-corrected chi connectivity index (χ0v) is 13.5. The highest BCUT2D eigenvalue weighted by Crippen LogP contribution is 2.42. The highest BCUT2D eigenvalue weighted by molar-refractivity contribution is 5.47. The molecular weight excluding hydrogens is 312 g/mol. The molecule has 2 atom stereocenters. The van der Waals surface area contributed by atoms with Gasteiger partial charge in [0, 0.05) is 14.2 Å². The second kappa shape index (κ2) is 6.22. The Hall–Kier alpha value is -2.44. The number of ether oxygens (including phenoxy) is 6. The van der Waals surface area contributed by atoms with Gasteiger partial charge in [0.1, 0.15) is 12.2 Å². The molecule has 0 aliphatic carbocycles. The fraction of sp³-hybridized carbons (Fsp3) is 0.333. The number of methoxy groups -OCH3 is 2. The molecule has 0 amide bonds. The van der Waals surface area contributed by atoms with Crippen molar-refractivity contribution >= 4 is 0 Å². The molecule has 0 saturated heterocycles. The third-order valence-corrected chi connectivity index (χ3v) is 4.23. The molecule has 0 saturated carbocycles. The summed E-state index contributed by atoms with van der Waals surface area (Å²) >= 11 is 0. The molecular formula is C18H18O6. The molecule has 2 aliphatic heterocycles. The predicted octanol–water partition coefficient (Wildman–Crippen LogP) is 3.22. The maximum Gasteiger partial charge on any atom is 0.231 e. The van der Waals surface area contributed by atoms with Crippen molar-refractivity contribution in [1.29, 1.82) is 0 Å². The maximum atomic E-state index is 5.73. The summed E-state index contributed by atoms with van der Waals surface area (Å²) < 4.78 is 33.1. The van der Waals surface area contributed by atoms with E-state index in [1.165, 1.54) is 0 Å². The van der Waals surface area contributed by atoms with Crippen molar-refractivity contribution in [3.05, 3.63) is 47.5 Å². The Morgan fingerprint density at radius 2 is 1.08 bits per heavy atom. The van der Waals surface area contributed by atoms with Gasteiger partial charge in [0.05, 0.1) is 0 Å². The summed E-state index contributed by atoms with van der Waals surface area (Å²) in [6, 6.07) is 11.5. The summed E-state index contributed by atoms with van der Waals surface area (Å²) in [7, 11) is 3.32. The molecule has 0 bridgehead atoms. The van der Waals surface area contributed by atoms with E-state index in [0.29, 0.717) is 0 Å². The van der Waals surface area contributed by atoms with Gasteiger partial charge in [-0.3, -0.25) is 0 Å². The van der Waals surface area contributed by atoms with Crippen molar-refractivity contribution in [1.82, 2.24) is 0 Å². The Morgan fingerprint density at radius 3 is 1.50 bits per heavy atom. The summed E-state index contributed by atoms with van der Waals surface area (Å²) in [6.07, 6.45) is -0.602. The third-order valence-electron chi connectivity index (χ3n) is 4.23. The minimum Gasteiger partial charge on any atom is -0.454 e. The lowest BCUT2D eigenvalue weighted by atomic mass is 9.97. The van der Waals surface area contributed by atoms with Crippen molar-refractivity contribution in [3.8, 4) is 23.0 Å². The Morgan fingerprint density at radius 1 is 0.667 bits per heavy atom.